The second-order valence-corrected chi connectivity index (χ2v) is 7.42. The summed E-state index contributed by atoms with van der Waals surface area (Å²) in [5.74, 6) is 0.113. The summed E-state index contributed by atoms with van der Waals surface area (Å²) in [7, 11) is 0. The maximum absolute atomic E-state index is 12.9. The monoisotopic (exact) mass is 339 g/mol. The van der Waals surface area contributed by atoms with E-state index in [4.69, 9.17) is 0 Å². The standard InChI is InChI=1S/C20H25N3O2/c1-14-17(15(2)23(21-14)16-7-4-3-5-8-16)13-19(24)22-12-6-9-18(22)20(25)10-11-20/h3-5,7-8,18,25H,6,9-13H2,1-2H3. The third kappa shape index (κ3) is 2.86. The number of amides is 1. The molecule has 0 spiro atoms. The van der Waals surface area contributed by atoms with E-state index in [1.165, 1.54) is 0 Å². The maximum atomic E-state index is 12.9. The normalized spacial score (nSPS) is 21.6. The van der Waals surface area contributed by atoms with Gasteiger partial charge in [0.2, 0.25) is 5.91 Å². The molecule has 1 amide bonds. The van der Waals surface area contributed by atoms with E-state index in [2.05, 4.69) is 5.10 Å². The SMILES string of the molecule is Cc1nn(-c2ccccc2)c(C)c1CC(=O)N1CCCC1C1(O)CC1. The molecule has 5 nitrogen and oxygen atoms in total. The fraction of sp³-hybridized carbons (Fsp3) is 0.500. The first-order chi connectivity index (χ1) is 12.0. The molecular formula is C20H25N3O2. The van der Waals surface area contributed by atoms with Gasteiger partial charge in [-0.2, -0.15) is 5.10 Å². The van der Waals surface area contributed by atoms with E-state index in [0.717, 1.165) is 54.9 Å². The van der Waals surface area contributed by atoms with E-state index in [1.807, 2.05) is 53.8 Å². The van der Waals surface area contributed by atoms with Gasteiger partial charge in [0.1, 0.15) is 0 Å². The van der Waals surface area contributed by atoms with Crippen molar-refractivity contribution in [3.05, 3.63) is 47.3 Å². The van der Waals surface area contributed by atoms with Crippen molar-refractivity contribution >= 4 is 5.91 Å². The highest BCUT2D eigenvalue weighted by molar-refractivity contribution is 5.80. The van der Waals surface area contributed by atoms with E-state index in [-0.39, 0.29) is 11.9 Å². The van der Waals surface area contributed by atoms with Crippen LogP contribution < -0.4 is 0 Å². The van der Waals surface area contributed by atoms with Crippen LogP contribution >= 0.6 is 0 Å². The molecule has 1 aliphatic heterocycles. The van der Waals surface area contributed by atoms with Crippen molar-refractivity contribution in [2.24, 2.45) is 0 Å². The van der Waals surface area contributed by atoms with Crippen molar-refractivity contribution < 1.29 is 9.90 Å². The number of carbonyl (C=O) groups is 1. The largest absolute Gasteiger partial charge is 0.388 e. The number of aliphatic hydroxyl groups is 1. The lowest BCUT2D eigenvalue weighted by Gasteiger charge is -2.29. The smallest absolute Gasteiger partial charge is 0.227 e. The van der Waals surface area contributed by atoms with Gasteiger partial charge in [-0.05, 0) is 51.7 Å². The van der Waals surface area contributed by atoms with Crippen molar-refractivity contribution in [2.75, 3.05) is 6.54 Å². The Morgan fingerprint density at radius 2 is 2.00 bits per heavy atom. The summed E-state index contributed by atoms with van der Waals surface area (Å²) in [4.78, 5) is 14.8. The molecule has 2 fully saturated rings. The van der Waals surface area contributed by atoms with Gasteiger partial charge in [-0.15, -0.1) is 0 Å². The Morgan fingerprint density at radius 1 is 1.28 bits per heavy atom. The molecule has 1 unspecified atom stereocenters. The first-order valence-corrected chi connectivity index (χ1v) is 9.12. The molecule has 5 heteroatoms. The molecule has 1 aromatic heterocycles. The third-order valence-corrected chi connectivity index (χ3v) is 5.73. The molecule has 25 heavy (non-hydrogen) atoms. The molecule has 2 aliphatic rings. The van der Waals surface area contributed by atoms with Gasteiger partial charge in [0, 0.05) is 17.8 Å². The molecule has 132 valence electrons. The number of carbonyl (C=O) groups excluding carboxylic acids is 1. The zero-order chi connectivity index (χ0) is 17.6. The van der Waals surface area contributed by atoms with Crippen molar-refractivity contribution in [1.82, 2.24) is 14.7 Å². The van der Waals surface area contributed by atoms with Gasteiger partial charge in [0.05, 0.1) is 29.4 Å². The quantitative estimate of drug-likeness (QED) is 0.931. The fourth-order valence-corrected chi connectivity index (χ4v) is 4.09. The number of benzene rings is 1. The summed E-state index contributed by atoms with van der Waals surface area (Å²) < 4.78 is 1.91. The number of hydrogen-bond acceptors (Lipinski definition) is 3. The lowest BCUT2D eigenvalue weighted by atomic mass is 10.0. The van der Waals surface area contributed by atoms with E-state index < -0.39 is 5.60 Å². The number of para-hydroxylation sites is 1. The first kappa shape index (κ1) is 16.3. The Labute approximate surface area is 148 Å². The Balaban J connectivity index is 1.57. The molecule has 0 bridgehead atoms. The van der Waals surface area contributed by atoms with Crippen LogP contribution in [0.25, 0.3) is 5.69 Å². The lowest BCUT2D eigenvalue weighted by Crippen LogP contribution is -2.44. The van der Waals surface area contributed by atoms with Crippen LogP contribution in [0.2, 0.25) is 0 Å². The molecular weight excluding hydrogens is 314 g/mol. The minimum atomic E-state index is -0.621. The molecule has 1 saturated heterocycles. The van der Waals surface area contributed by atoms with Crippen LogP contribution in [0.5, 0.6) is 0 Å². The first-order valence-electron chi connectivity index (χ1n) is 9.12. The van der Waals surface area contributed by atoms with Gasteiger partial charge in [-0.1, -0.05) is 18.2 Å². The Bertz CT molecular complexity index is 793. The topological polar surface area (TPSA) is 58.4 Å². The van der Waals surface area contributed by atoms with E-state index in [0.29, 0.717) is 6.42 Å². The van der Waals surface area contributed by atoms with Crippen molar-refractivity contribution in [3.8, 4) is 5.69 Å². The molecule has 2 aromatic rings. The molecule has 1 saturated carbocycles. The second-order valence-electron chi connectivity index (χ2n) is 7.42. The number of aryl methyl sites for hydroxylation is 1. The van der Waals surface area contributed by atoms with Crippen LogP contribution in [0.15, 0.2) is 30.3 Å². The predicted octanol–water partition coefficient (Wildman–Crippen LogP) is 2.55. The minimum absolute atomic E-state index is 0.00443. The summed E-state index contributed by atoms with van der Waals surface area (Å²) >= 11 is 0. The van der Waals surface area contributed by atoms with Crippen LogP contribution in [-0.2, 0) is 11.2 Å². The summed E-state index contributed by atoms with van der Waals surface area (Å²) in [5, 5.41) is 15.1. The van der Waals surface area contributed by atoms with Crippen molar-refractivity contribution in [1.29, 1.82) is 0 Å². The average molecular weight is 339 g/mol. The van der Waals surface area contributed by atoms with Gasteiger partial charge in [0.15, 0.2) is 0 Å². The molecule has 1 aliphatic carbocycles. The second kappa shape index (κ2) is 5.99. The molecule has 1 aromatic carbocycles. The highest BCUT2D eigenvalue weighted by atomic mass is 16.3. The van der Waals surface area contributed by atoms with Crippen LogP contribution in [0.3, 0.4) is 0 Å². The summed E-state index contributed by atoms with van der Waals surface area (Å²) in [6.45, 7) is 4.74. The van der Waals surface area contributed by atoms with Crippen LogP contribution in [-0.4, -0.2) is 43.9 Å². The van der Waals surface area contributed by atoms with Crippen LogP contribution in [0, 0.1) is 13.8 Å². The van der Waals surface area contributed by atoms with Crippen LogP contribution in [0.1, 0.15) is 42.6 Å². The number of nitrogens with zero attached hydrogens (tertiary/aromatic N) is 3. The maximum Gasteiger partial charge on any atom is 0.227 e. The molecule has 2 heterocycles. The van der Waals surface area contributed by atoms with Gasteiger partial charge in [-0.3, -0.25) is 4.79 Å². The molecule has 0 radical (unpaired) electrons. The molecule has 4 rings (SSSR count). The Hall–Kier alpha value is -2.14. The van der Waals surface area contributed by atoms with Gasteiger partial charge < -0.3 is 10.0 Å². The Morgan fingerprint density at radius 3 is 2.68 bits per heavy atom. The van der Waals surface area contributed by atoms with Crippen molar-refractivity contribution in [2.45, 2.75) is 57.6 Å². The average Bonchev–Trinajstić information content (AvgIpc) is 3.06. The van der Waals surface area contributed by atoms with E-state index in [9.17, 15) is 9.90 Å². The number of aromatic nitrogens is 2. The number of likely N-dealkylation sites (tertiary alicyclic amines) is 1. The molecule has 1 N–H and O–H groups in total. The van der Waals surface area contributed by atoms with E-state index in [1.54, 1.807) is 0 Å². The third-order valence-electron chi connectivity index (χ3n) is 5.73. The van der Waals surface area contributed by atoms with Crippen molar-refractivity contribution in [3.63, 3.8) is 0 Å². The summed E-state index contributed by atoms with van der Waals surface area (Å²) in [6, 6.07) is 10.00. The van der Waals surface area contributed by atoms with Gasteiger partial charge >= 0.3 is 0 Å². The fourth-order valence-electron chi connectivity index (χ4n) is 4.09. The Kier molecular flexibility index (Phi) is 3.91. The van der Waals surface area contributed by atoms with Gasteiger partial charge in [0.25, 0.3) is 0 Å². The highest BCUT2D eigenvalue weighted by Crippen LogP contribution is 2.44. The zero-order valence-corrected chi connectivity index (χ0v) is 14.9. The number of rotatable bonds is 4. The lowest BCUT2D eigenvalue weighted by molar-refractivity contribution is -0.134. The minimum Gasteiger partial charge on any atom is -0.388 e. The summed E-state index contributed by atoms with van der Waals surface area (Å²) in [5.41, 5.74) is 3.30. The highest BCUT2D eigenvalue weighted by Gasteiger charge is 2.52. The summed E-state index contributed by atoms with van der Waals surface area (Å²) in [6.07, 6.45) is 3.91. The van der Waals surface area contributed by atoms with E-state index >= 15 is 0 Å². The molecule has 1 atom stereocenters. The number of hydrogen-bond donors (Lipinski definition) is 1. The van der Waals surface area contributed by atoms with Crippen LogP contribution in [0.4, 0.5) is 0 Å². The zero-order valence-electron chi connectivity index (χ0n) is 14.9. The predicted molar refractivity (Wildman–Crippen MR) is 95.7 cm³/mol. The van der Waals surface area contributed by atoms with Gasteiger partial charge in [-0.25, -0.2) is 4.68 Å².